The average molecular weight is 631 g/mol. The number of nitrogens with one attached hydrogen (secondary N) is 1. The van der Waals surface area contributed by atoms with Crippen molar-refractivity contribution in [3.05, 3.63) is 85.7 Å². The molecule has 0 radical (unpaired) electrons. The number of fused-ring (bicyclic) bond motifs is 1. The van der Waals surface area contributed by atoms with Crippen molar-refractivity contribution in [1.29, 1.82) is 0 Å². The Bertz CT molecular complexity index is 1220. The monoisotopic (exact) mass is 630 g/mol. The molecule has 2 aliphatic rings. The van der Waals surface area contributed by atoms with Gasteiger partial charge in [-0.15, -0.1) is 0 Å². The first kappa shape index (κ1) is 33.3. The van der Waals surface area contributed by atoms with Crippen LogP contribution >= 0.6 is 11.6 Å². The molecule has 208 valence electrons. The number of amides is 1. The average Bonchev–Trinajstić information content (AvgIpc) is 3.75. The van der Waals surface area contributed by atoms with Gasteiger partial charge in [0.2, 0.25) is 5.91 Å². The molecule has 3 aromatic rings. The van der Waals surface area contributed by atoms with Crippen molar-refractivity contribution in [2.45, 2.75) is 58.0 Å². The Hall–Kier alpha value is -2.76. The zero-order valence-corrected chi connectivity index (χ0v) is 24.3. The molecule has 2 aromatic carbocycles. The first-order valence-electron chi connectivity index (χ1n) is 11.9. The van der Waals surface area contributed by atoms with E-state index in [1.54, 1.807) is 13.1 Å². The van der Waals surface area contributed by atoms with Gasteiger partial charge in [0.15, 0.2) is 0 Å². The zero-order chi connectivity index (χ0) is 26.1. The summed E-state index contributed by atoms with van der Waals surface area (Å²) in [7, 11) is 0. The minimum absolute atomic E-state index is 0. The minimum Gasteiger partial charge on any atom is -0.457 e. The number of ether oxygens (including phenoxy) is 2. The summed E-state index contributed by atoms with van der Waals surface area (Å²) in [5.41, 5.74) is 6.31. The van der Waals surface area contributed by atoms with E-state index in [1.165, 1.54) is 23.8 Å². The third-order valence-electron chi connectivity index (χ3n) is 5.28. The number of hydrogen-bond donors (Lipinski definition) is 2. The molecule has 0 unspecified atom stereocenters. The Morgan fingerprint density at radius 3 is 2.26 bits per heavy atom. The van der Waals surface area contributed by atoms with Gasteiger partial charge in [-0.1, -0.05) is 36.9 Å². The molecular formula is C29H35ClN3O4Pd-. The van der Waals surface area contributed by atoms with Crippen molar-refractivity contribution in [3.8, 4) is 11.5 Å². The number of rotatable bonds is 6. The number of allylic oxidation sites excluding steroid dienone is 1. The second-order valence-corrected chi connectivity index (χ2v) is 9.22. The number of aryl methyl sites for hydroxylation is 1. The molecule has 1 amide bonds. The van der Waals surface area contributed by atoms with Gasteiger partial charge in [0.05, 0.1) is 17.9 Å². The molecule has 1 aromatic heterocycles. The molecule has 2 aliphatic carbocycles. The minimum atomic E-state index is -0.840. The van der Waals surface area contributed by atoms with Crippen LogP contribution in [0.2, 0.25) is 0 Å². The van der Waals surface area contributed by atoms with Crippen LogP contribution in [-0.2, 0) is 36.4 Å². The fourth-order valence-corrected chi connectivity index (χ4v) is 3.29. The van der Waals surface area contributed by atoms with Gasteiger partial charge in [-0.05, 0) is 62.6 Å². The van der Waals surface area contributed by atoms with Crippen LogP contribution in [-0.4, -0.2) is 28.4 Å². The molecule has 2 saturated carbocycles. The molecular weight excluding hydrogens is 596 g/mol. The number of carbonyl (C=O) groups excluding carboxylic acids is 2. The maximum atomic E-state index is 12.0. The fraction of sp³-hybridized carbons (Fsp3) is 0.310. The summed E-state index contributed by atoms with van der Waals surface area (Å²) in [6.45, 7) is 6.90. The van der Waals surface area contributed by atoms with Crippen molar-refractivity contribution < 1.29 is 39.5 Å². The Morgan fingerprint density at radius 1 is 1.11 bits per heavy atom. The van der Waals surface area contributed by atoms with Crippen molar-refractivity contribution in [1.82, 2.24) is 10.3 Å². The van der Waals surface area contributed by atoms with Gasteiger partial charge in [-0.25, -0.2) is 4.79 Å². The van der Waals surface area contributed by atoms with Crippen molar-refractivity contribution in [2.75, 3.05) is 0 Å². The topological polar surface area (TPSA) is 104 Å². The predicted molar refractivity (Wildman–Crippen MR) is 149 cm³/mol. The van der Waals surface area contributed by atoms with E-state index < -0.39 is 5.43 Å². The molecule has 2 fully saturated rings. The summed E-state index contributed by atoms with van der Waals surface area (Å²) >= 11 is 4.75. The number of nitrogens with zero attached hydrogens (tertiary/aromatic N) is 1. The molecule has 1 heterocycles. The first-order chi connectivity index (χ1) is 17.2. The second kappa shape index (κ2) is 16.3. The van der Waals surface area contributed by atoms with Crippen molar-refractivity contribution >= 4 is 33.7 Å². The van der Waals surface area contributed by atoms with Crippen LogP contribution in [0.5, 0.6) is 11.5 Å². The Labute approximate surface area is 243 Å². The van der Waals surface area contributed by atoms with Gasteiger partial charge in [-0.3, -0.25) is 9.78 Å². The molecule has 9 heteroatoms. The largest absolute Gasteiger partial charge is 0.457 e. The fourth-order valence-electron chi connectivity index (χ4n) is 3.16. The number of benzene rings is 2. The maximum Gasteiger partial charge on any atom is 0.408 e. The van der Waals surface area contributed by atoms with E-state index >= 15 is 0 Å². The zero-order valence-electron chi connectivity index (χ0n) is 21.9. The van der Waals surface area contributed by atoms with Gasteiger partial charge < -0.3 is 28.0 Å². The van der Waals surface area contributed by atoms with E-state index in [2.05, 4.69) is 46.7 Å². The van der Waals surface area contributed by atoms with E-state index in [-0.39, 0.29) is 40.2 Å². The smallest absolute Gasteiger partial charge is 0.408 e. The van der Waals surface area contributed by atoms with Gasteiger partial charge in [0, 0.05) is 61.8 Å². The van der Waals surface area contributed by atoms with Crippen LogP contribution in [0.1, 0.15) is 43.9 Å². The SMILES string of the molecule is C=C(C)OC(=O)Cl.Cc1ccc(Oc2ccnc(CC(=O)NC3CC3)c2)c2ccccc12.NC1CC1.[CH3-].[Pd]. The first-order valence-corrected chi connectivity index (χ1v) is 12.3. The Kier molecular flexibility index (Phi) is 14.2. The number of pyridine rings is 1. The number of carbonyl (C=O) groups is 2. The Balaban J connectivity index is 0.000000468. The summed E-state index contributed by atoms with van der Waals surface area (Å²) in [6.07, 6.45) is 6.67. The summed E-state index contributed by atoms with van der Waals surface area (Å²) in [5, 5.41) is 5.24. The van der Waals surface area contributed by atoms with Crippen LogP contribution in [0, 0.1) is 14.4 Å². The molecule has 38 heavy (non-hydrogen) atoms. The molecule has 3 N–H and O–H groups in total. The van der Waals surface area contributed by atoms with Crippen molar-refractivity contribution in [3.63, 3.8) is 0 Å². The van der Waals surface area contributed by atoms with Crippen LogP contribution in [0.4, 0.5) is 4.79 Å². The molecule has 0 aliphatic heterocycles. The van der Waals surface area contributed by atoms with E-state index in [4.69, 9.17) is 22.1 Å². The summed E-state index contributed by atoms with van der Waals surface area (Å²) < 4.78 is 10.3. The van der Waals surface area contributed by atoms with E-state index in [9.17, 15) is 9.59 Å². The molecule has 0 spiro atoms. The third kappa shape index (κ3) is 12.2. The molecule has 0 bridgehead atoms. The predicted octanol–water partition coefficient (Wildman–Crippen LogP) is 6.61. The van der Waals surface area contributed by atoms with Crippen LogP contribution in [0.15, 0.2) is 67.1 Å². The number of aromatic nitrogens is 1. The summed E-state index contributed by atoms with van der Waals surface area (Å²) in [6, 6.07) is 16.8. The van der Waals surface area contributed by atoms with Gasteiger partial charge in [0.1, 0.15) is 11.5 Å². The van der Waals surface area contributed by atoms with Crippen LogP contribution in [0.3, 0.4) is 0 Å². The molecule has 0 atom stereocenters. The summed E-state index contributed by atoms with van der Waals surface area (Å²) in [4.78, 5) is 26.0. The summed E-state index contributed by atoms with van der Waals surface area (Å²) in [5.74, 6) is 1.83. The molecule has 0 saturated heterocycles. The standard InChI is InChI=1S/C21H20N2O2.C4H5ClO2.C3H7N.CH3.Pd/c1-14-6-9-20(19-5-3-2-4-18(14)19)25-17-10-11-22-16(12-17)13-21(24)23-15-7-8-15;1-3(2)7-4(5)6;4-3-1-2-3;;/h2-6,9-12,15H,7-8,13H2,1H3,(H,23,24);1H2,2H3;3H,1-2,4H2;1H3;/q;;;-1;. The van der Waals surface area contributed by atoms with Crippen LogP contribution < -0.4 is 15.8 Å². The van der Waals surface area contributed by atoms with Crippen molar-refractivity contribution in [2.24, 2.45) is 5.73 Å². The number of nitrogens with two attached hydrogens (primary N) is 1. The van der Waals surface area contributed by atoms with E-state index in [0.29, 0.717) is 29.3 Å². The van der Waals surface area contributed by atoms with E-state index in [1.807, 2.05) is 30.3 Å². The number of halogens is 1. The van der Waals surface area contributed by atoms with Gasteiger partial charge in [-0.2, -0.15) is 0 Å². The van der Waals surface area contributed by atoms with Gasteiger partial charge in [0.25, 0.3) is 0 Å². The maximum absolute atomic E-state index is 12.0. The van der Waals surface area contributed by atoms with Gasteiger partial charge >= 0.3 is 5.43 Å². The third-order valence-corrected chi connectivity index (χ3v) is 5.36. The molecule has 5 rings (SSSR count). The van der Waals surface area contributed by atoms with Crippen LogP contribution in [0.25, 0.3) is 10.8 Å². The normalized spacial score (nSPS) is 13.2. The van der Waals surface area contributed by atoms with E-state index in [0.717, 1.165) is 24.0 Å². The quantitative estimate of drug-likeness (QED) is 0.138. The second-order valence-electron chi connectivity index (χ2n) is 8.91. The number of hydrogen-bond acceptors (Lipinski definition) is 6. The molecule has 7 nitrogen and oxygen atoms in total. The Morgan fingerprint density at radius 2 is 1.74 bits per heavy atom.